The van der Waals surface area contributed by atoms with Crippen LogP contribution in [0.1, 0.15) is 97.8 Å². The predicted molar refractivity (Wildman–Crippen MR) is 109 cm³/mol. The van der Waals surface area contributed by atoms with Crippen molar-refractivity contribution in [1.82, 2.24) is 0 Å². The van der Waals surface area contributed by atoms with E-state index >= 15 is 0 Å². The van der Waals surface area contributed by atoms with E-state index in [1.54, 1.807) is 0 Å². The van der Waals surface area contributed by atoms with Gasteiger partial charge in [0.05, 0.1) is 19.8 Å². The third-order valence-electron chi connectivity index (χ3n) is 4.26. The molecule has 0 atom stereocenters. The fourth-order valence-electron chi connectivity index (χ4n) is 2.66. The summed E-state index contributed by atoms with van der Waals surface area (Å²) < 4.78 is 16.2. The van der Waals surface area contributed by atoms with Crippen molar-refractivity contribution in [1.29, 1.82) is 0 Å². The van der Waals surface area contributed by atoms with Crippen LogP contribution in [0.5, 0.6) is 0 Å². The number of rotatable bonds is 20. The van der Waals surface area contributed by atoms with E-state index in [1.807, 2.05) is 13.8 Å². The fourth-order valence-corrected chi connectivity index (χ4v) is 2.66. The first kappa shape index (κ1) is 25.4. The summed E-state index contributed by atoms with van der Waals surface area (Å²) in [5, 5.41) is 0. The molecule has 0 aromatic rings. The molecule has 0 aromatic carbocycles. The minimum Gasteiger partial charge on any atom is -0.465 e. The first-order chi connectivity index (χ1) is 12.7. The molecule has 0 heterocycles. The first-order valence-electron chi connectivity index (χ1n) is 11.0. The SMILES string of the molecule is CCCCCCCCCCCCOCCOCCCC(=O)OCC(C)C. The summed E-state index contributed by atoms with van der Waals surface area (Å²) >= 11 is 0. The molecule has 26 heavy (non-hydrogen) atoms. The highest BCUT2D eigenvalue weighted by molar-refractivity contribution is 5.69. The standard InChI is InChI=1S/C22H44O4/c1-4-5-6-7-8-9-10-11-12-13-16-24-18-19-25-17-14-15-22(23)26-20-21(2)3/h21H,4-20H2,1-3H3. The molecule has 0 bridgehead atoms. The zero-order valence-electron chi connectivity index (χ0n) is 17.7. The molecule has 156 valence electrons. The van der Waals surface area contributed by atoms with E-state index in [9.17, 15) is 4.79 Å². The number of carbonyl (C=O) groups is 1. The minimum absolute atomic E-state index is 0.125. The lowest BCUT2D eigenvalue weighted by Crippen LogP contribution is -2.11. The van der Waals surface area contributed by atoms with Gasteiger partial charge in [0.1, 0.15) is 0 Å². The van der Waals surface area contributed by atoms with Gasteiger partial charge in [-0.15, -0.1) is 0 Å². The van der Waals surface area contributed by atoms with Crippen molar-refractivity contribution in [3.63, 3.8) is 0 Å². The highest BCUT2D eigenvalue weighted by Gasteiger charge is 2.03. The van der Waals surface area contributed by atoms with Crippen molar-refractivity contribution in [3.8, 4) is 0 Å². The Labute approximate surface area is 162 Å². The molecule has 0 amide bonds. The highest BCUT2D eigenvalue weighted by Crippen LogP contribution is 2.10. The van der Waals surface area contributed by atoms with Crippen LogP contribution in [0.3, 0.4) is 0 Å². The van der Waals surface area contributed by atoms with E-state index in [-0.39, 0.29) is 5.97 Å². The van der Waals surface area contributed by atoms with Crippen LogP contribution < -0.4 is 0 Å². The van der Waals surface area contributed by atoms with Gasteiger partial charge in [0.2, 0.25) is 0 Å². The van der Waals surface area contributed by atoms with Crippen LogP contribution in [0, 0.1) is 5.92 Å². The van der Waals surface area contributed by atoms with Gasteiger partial charge in [0.15, 0.2) is 0 Å². The largest absolute Gasteiger partial charge is 0.465 e. The van der Waals surface area contributed by atoms with Crippen molar-refractivity contribution in [2.45, 2.75) is 97.8 Å². The van der Waals surface area contributed by atoms with Crippen molar-refractivity contribution in [2.24, 2.45) is 5.92 Å². The Kier molecular flexibility index (Phi) is 20.2. The highest BCUT2D eigenvalue weighted by atomic mass is 16.5. The molecule has 0 aliphatic carbocycles. The molecule has 0 unspecified atom stereocenters. The van der Waals surface area contributed by atoms with Crippen LogP contribution >= 0.6 is 0 Å². The molecular weight excluding hydrogens is 328 g/mol. The first-order valence-corrected chi connectivity index (χ1v) is 11.0. The quantitative estimate of drug-likeness (QED) is 0.196. The van der Waals surface area contributed by atoms with Crippen LogP contribution in [0.2, 0.25) is 0 Å². The van der Waals surface area contributed by atoms with Gasteiger partial charge in [-0.25, -0.2) is 0 Å². The molecule has 0 saturated carbocycles. The molecule has 0 saturated heterocycles. The lowest BCUT2D eigenvalue weighted by Gasteiger charge is -2.08. The van der Waals surface area contributed by atoms with Crippen LogP contribution in [0.4, 0.5) is 0 Å². The summed E-state index contributed by atoms with van der Waals surface area (Å²) in [7, 11) is 0. The number of unbranched alkanes of at least 4 members (excludes halogenated alkanes) is 9. The topological polar surface area (TPSA) is 44.8 Å². The van der Waals surface area contributed by atoms with E-state index in [0.29, 0.717) is 38.8 Å². The molecule has 0 aliphatic rings. The Hall–Kier alpha value is -0.610. The second-order valence-electron chi connectivity index (χ2n) is 7.59. The molecule has 0 aromatic heterocycles. The summed E-state index contributed by atoms with van der Waals surface area (Å²) in [6, 6.07) is 0. The summed E-state index contributed by atoms with van der Waals surface area (Å²) in [6.45, 7) is 9.53. The van der Waals surface area contributed by atoms with Gasteiger partial charge in [-0.1, -0.05) is 78.6 Å². The fraction of sp³-hybridized carbons (Fsp3) is 0.955. The Morgan fingerprint density at radius 2 is 1.19 bits per heavy atom. The van der Waals surface area contributed by atoms with Crippen LogP contribution in [0.15, 0.2) is 0 Å². The Bertz CT molecular complexity index is 292. The van der Waals surface area contributed by atoms with E-state index in [4.69, 9.17) is 14.2 Å². The van der Waals surface area contributed by atoms with Crippen molar-refractivity contribution >= 4 is 5.97 Å². The van der Waals surface area contributed by atoms with Crippen LogP contribution in [-0.2, 0) is 19.0 Å². The summed E-state index contributed by atoms with van der Waals surface area (Å²) in [5.74, 6) is 0.266. The number of carbonyl (C=O) groups excluding carboxylic acids is 1. The molecule has 0 N–H and O–H groups in total. The Balaban J connectivity index is 3.08. The van der Waals surface area contributed by atoms with E-state index in [1.165, 1.54) is 57.8 Å². The summed E-state index contributed by atoms with van der Waals surface area (Å²) in [5.41, 5.74) is 0. The third kappa shape index (κ3) is 21.4. The molecule has 4 nitrogen and oxygen atoms in total. The predicted octanol–water partition coefficient (Wildman–Crippen LogP) is 5.92. The minimum atomic E-state index is -0.125. The van der Waals surface area contributed by atoms with Gasteiger partial charge >= 0.3 is 5.97 Å². The number of ether oxygens (including phenoxy) is 3. The zero-order chi connectivity index (χ0) is 19.3. The van der Waals surface area contributed by atoms with Gasteiger partial charge in [-0.3, -0.25) is 4.79 Å². The van der Waals surface area contributed by atoms with Gasteiger partial charge in [-0.05, 0) is 18.8 Å². The lowest BCUT2D eigenvalue weighted by atomic mass is 10.1. The number of esters is 1. The maximum absolute atomic E-state index is 11.4. The number of hydrogen-bond acceptors (Lipinski definition) is 4. The average Bonchev–Trinajstić information content (AvgIpc) is 2.62. The van der Waals surface area contributed by atoms with E-state index in [2.05, 4.69) is 6.92 Å². The maximum atomic E-state index is 11.4. The third-order valence-corrected chi connectivity index (χ3v) is 4.26. The van der Waals surface area contributed by atoms with Gasteiger partial charge in [0.25, 0.3) is 0 Å². The van der Waals surface area contributed by atoms with Gasteiger partial charge in [0, 0.05) is 19.6 Å². The second-order valence-corrected chi connectivity index (χ2v) is 7.59. The Morgan fingerprint density at radius 1 is 0.692 bits per heavy atom. The molecule has 0 rings (SSSR count). The summed E-state index contributed by atoms with van der Waals surface area (Å²) in [6.07, 6.45) is 14.6. The van der Waals surface area contributed by atoms with Crippen LogP contribution in [-0.4, -0.2) is 39.0 Å². The maximum Gasteiger partial charge on any atom is 0.305 e. The second kappa shape index (κ2) is 20.7. The van der Waals surface area contributed by atoms with Crippen molar-refractivity contribution < 1.29 is 19.0 Å². The van der Waals surface area contributed by atoms with Crippen molar-refractivity contribution in [3.05, 3.63) is 0 Å². The van der Waals surface area contributed by atoms with Crippen molar-refractivity contribution in [2.75, 3.05) is 33.0 Å². The molecule has 4 heteroatoms. The normalized spacial score (nSPS) is 11.2. The van der Waals surface area contributed by atoms with Gasteiger partial charge in [-0.2, -0.15) is 0 Å². The lowest BCUT2D eigenvalue weighted by molar-refractivity contribution is -0.145. The van der Waals surface area contributed by atoms with Crippen LogP contribution in [0.25, 0.3) is 0 Å². The van der Waals surface area contributed by atoms with E-state index in [0.717, 1.165) is 19.4 Å². The molecule has 0 aliphatic heterocycles. The number of hydrogen-bond donors (Lipinski definition) is 0. The average molecular weight is 373 g/mol. The molecule has 0 radical (unpaired) electrons. The van der Waals surface area contributed by atoms with E-state index < -0.39 is 0 Å². The smallest absolute Gasteiger partial charge is 0.305 e. The Morgan fingerprint density at radius 3 is 1.73 bits per heavy atom. The molecule has 0 spiro atoms. The molecular formula is C22H44O4. The van der Waals surface area contributed by atoms with Gasteiger partial charge < -0.3 is 14.2 Å². The zero-order valence-corrected chi connectivity index (χ0v) is 17.7. The summed E-state index contributed by atoms with van der Waals surface area (Å²) in [4.78, 5) is 11.4. The molecule has 0 fully saturated rings. The monoisotopic (exact) mass is 372 g/mol.